The second kappa shape index (κ2) is 6.70. The van der Waals surface area contributed by atoms with Crippen LogP contribution in [0.3, 0.4) is 0 Å². The zero-order valence-corrected chi connectivity index (χ0v) is 13.2. The number of hydrogen-bond acceptors (Lipinski definition) is 6. The number of rotatable bonds is 3. The van der Waals surface area contributed by atoms with E-state index in [4.69, 9.17) is 4.74 Å². The molecule has 2 aromatic heterocycles. The second-order valence-electron chi connectivity index (χ2n) is 5.39. The Morgan fingerprint density at radius 2 is 2.30 bits per heavy atom. The van der Waals surface area contributed by atoms with E-state index in [1.165, 1.54) is 0 Å². The molecule has 1 amide bonds. The summed E-state index contributed by atoms with van der Waals surface area (Å²) in [6.07, 6.45) is 1.31. The van der Waals surface area contributed by atoms with Crippen LogP contribution in [0.15, 0.2) is 30.5 Å². The molecule has 7 nitrogen and oxygen atoms in total. The Morgan fingerprint density at radius 3 is 3.04 bits per heavy atom. The number of aromatic nitrogens is 3. The molecule has 2 aromatic rings. The Balaban J connectivity index is 1.78. The van der Waals surface area contributed by atoms with Crippen molar-refractivity contribution in [2.24, 2.45) is 0 Å². The van der Waals surface area contributed by atoms with Crippen molar-refractivity contribution in [1.82, 2.24) is 20.1 Å². The van der Waals surface area contributed by atoms with Crippen molar-refractivity contribution in [3.05, 3.63) is 47.5 Å². The van der Waals surface area contributed by atoms with Crippen LogP contribution in [0.4, 0.5) is 5.69 Å². The molecule has 0 unspecified atom stereocenters. The quantitative estimate of drug-likeness (QED) is 0.923. The van der Waals surface area contributed by atoms with Crippen LogP contribution in [0.25, 0.3) is 0 Å². The number of carbonyl (C=O) groups is 1. The normalized spacial score (nSPS) is 17.8. The zero-order chi connectivity index (χ0) is 16.2. The van der Waals surface area contributed by atoms with E-state index in [1.807, 2.05) is 26.1 Å². The van der Waals surface area contributed by atoms with E-state index in [2.05, 4.69) is 20.5 Å². The minimum atomic E-state index is -0.239. The van der Waals surface area contributed by atoms with Crippen LogP contribution < -0.4 is 5.32 Å². The first kappa shape index (κ1) is 15.4. The SMILES string of the molecule is CNc1cc(C)nc([C@@H]2CN(C(=O)c3cccnn3)CCO2)c1. The predicted molar refractivity (Wildman–Crippen MR) is 85.1 cm³/mol. The Hall–Kier alpha value is -2.54. The molecule has 23 heavy (non-hydrogen) atoms. The molecule has 1 N–H and O–H groups in total. The van der Waals surface area contributed by atoms with Gasteiger partial charge in [-0.15, -0.1) is 5.10 Å². The number of hydrogen-bond donors (Lipinski definition) is 1. The molecule has 1 fully saturated rings. The van der Waals surface area contributed by atoms with Crippen LogP contribution in [-0.4, -0.2) is 52.7 Å². The molecule has 120 valence electrons. The van der Waals surface area contributed by atoms with Crippen molar-refractivity contribution >= 4 is 11.6 Å². The number of aryl methyl sites for hydroxylation is 1. The van der Waals surface area contributed by atoms with E-state index in [-0.39, 0.29) is 12.0 Å². The first-order valence-electron chi connectivity index (χ1n) is 7.52. The van der Waals surface area contributed by atoms with Crippen molar-refractivity contribution in [2.45, 2.75) is 13.0 Å². The highest BCUT2D eigenvalue weighted by Crippen LogP contribution is 2.24. The number of amides is 1. The fourth-order valence-corrected chi connectivity index (χ4v) is 2.59. The minimum absolute atomic E-state index is 0.132. The monoisotopic (exact) mass is 313 g/mol. The van der Waals surface area contributed by atoms with Gasteiger partial charge in [-0.3, -0.25) is 9.78 Å². The Kier molecular flexibility index (Phi) is 4.47. The molecule has 0 aliphatic carbocycles. The van der Waals surface area contributed by atoms with Gasteiger partial charge in [0.1, 0.15) is 6.10 Å². The van der Waals surface area contributed by atoms with Crippen molar-refractivity contribution in [3.8, 4) is 0 Å². The molecule has 3 rings (SSSR count). The summed E-state index contributed by atoms with van der Waals surface area (Å²) in [5, 5.41) is 10.8. The minimum Gasteiger partial charge on any atom is -0.388 e. The van der Waals surface area contributed by atoms with Gasteiger partial charge in [-0.05, 0) is 31.2 Å². The Labute approximate surface area is 134 Å². The van der Waals surface area contributed by atoms with Gasteiger partial charge in [0.2, 0.25) is 0 Å². The highest BCUT2D eigenvalue weighted by Gasteiger charge is 2.28. The summed E-state index contributed by atoms with van der Waals surface area (Å²) in [6.45, 7) is 3.41. The van der Waals surface area contributed by atoms with E-state index >= 15 is 0 Å². The standard InChI is InChI=1S/C16H19N5O2/c1-11-8-12(17-2)9-14(19-11)15-10-21(6-7-23-15)16(22)13-4-3-5-18-20-13/h3-5,8-9,15H,6-7,10H2,1-2H3,(H,17,19)/t15-/m0/s1. The van der Waals surface area contributed by atoms with Crippen molar-refractivity contribution < 1.29 is 9.53 Å². The molecule has 1 aliphatic rings. The summed E-state index contributed by atoms with van der Waals surface area (Å²) in [6, 6.07) is 7.30. The van der Waals surface area contributed by atoms with Crippen molar-refractivity contribution in [2.75, 3.05) is 32.1 Å². The zero-order valence-electron chi connectivity index (χ0n) is 13.2. The third-order valence-corrected chi connectivity index (χ3v) is 3.74. The second-order valence-corrected chi connectivity index (χ2v) is 5.39. The van der Waals surface area contributed by atoms with Gasteiger partial charge in [0.05, 0.1) is 18.8 Å². The van der Waals surface area contributed by atoms with Crippen LogP contribution in [0.2, 0.25) is 0 Å². The molecule has 7 heteroatoms. The molecule has 1 atom stereocenters. The molecule has 3 heterocycles. The number of anilines is 1. The highest BCUT2D eigenvalue weighted by molar-refractivity contribution is 5.92. The van der Waals surface area contributed by atoms with E-state index in [0.717, 1.165) is 17.1 Å². The smallest absolute Gasteiger partial charge is 0.274 e. The largest absolute Gasteiger partial charge is 0.388 e. The first-order valence-corrected chi connectivity index (χ1v) is 7.52. The average molecular weight is 313 g/mol. The third-order valence-electron chi connectivity index (χ3n) is 3.74. The number of morpholine rings is 1. The number of nitrogens with one attached hydrogen (secondary N) is 1. The van der Waals surface area contributed by atoms with Crippen LogP contribution in [-0.2, 0) is 4.74 Å². The molecule has 1 saturated heterocycles. The van der Waals surface area contributed by atoms with Gasteiger partial charge < -0.3 is 15.0 Å². The highest BCUT2D eigenvalue weighted by atomic mass is 16.5. The summed E-state index contributed by atoms with van der Waals surface area (Å²) in [7, 11) is 1.87. The lowest BCUT2D eigenvalue weighted by molar-refractivity contribution is -0.0249. The lowest BCUT2D eigenvalue weighted by Gasteiger charge is -2.32. The molecule has 0 bridgehead atoms. The molecule has 0 saturated carbocycles. The molecular formula is C16H19N5O2. The maximum absolute atomic E-state index is 12.5. The van der Waals surface area contributed by atoms with Gasteiger partial charge in [-0.2, -0.15) is 5.10 Å². The molecule has 1 aliphatic heterocycles. The lowest BCUT2D eigenvalue weighted by atomic mass is 10.1. The van der Waals surface area contributed by atoms with Gasteiger partial charge in [0.25, 0.3) is 5.91 Å². The molecule has 0 aromatic carbocycles. The van der Waals surface area contributed by atoms with E-state index in [9.17, 15) is 4.79 Å². The summed E-state index contributed by atoms with van der Waals surface area (Å²) >= 11 is 0. The first-order chi connectivity index (χ1) is 11.2. The Bertz CT molecular complexity index is 692. The van der Waals surface area contributed by atoms with Crippen LogP contribution in [0, 0.1) is 6.92 Å². The van der Waals surface area contributed by atoms with Crippen LogP contribution >= 0.6 is 0 Å². The summed E-state index contributed by atoms with van der Waals surface area (Å²) < 4.78 is 5.81. The summed E-state index contributed by atoms with van der Waals surface area (Å²) in [4.78, 5) is 18.8. The molecular weight excluding hydrogens is 294 g/mol. The van der Waals surface area contributed by atoms with Crippen LogP contribution in [0.5, 0.6) is 0 Å². The van der Waals surface area contributed by atoms with E-state index in [1.54, 1.807) is 23.2 Å². The van der Waals surface area contributed by atoms with E-state index in [0.29, 0.717) is 25.4 Å². The average Bonchev–Trinajstić information content (AvgIpc) is 2.61. The lowest BCUT2D eigenvalue weighted by Crippen LogP contribution is -2.42. The number of nitrogens with zero attached hydrogens (tertiary/aromatic N) is 4. The summed E-state index contributed by atoms with van der Waals surface area (Å²) in [5.41, 5.74) is 3.06. The molecule has 0 spiro atoms. The fraction of sp³-hybridized carbons (Fsp3) is 0.375. The Morgan fingerprint density at radius 1 is 1.43 bits per heavy atom. The van der Waals surface area contributed by atoms with Gasteiger partial charge >= 0.3 is 0 Å². The van der Waals surface area contributed by atoms with Gasteiger partial charge in [0.15, 0.2) is 5.69 Å². The fourth-order valence-electron chi connectivity index (χ4n) is 2.59. The number of carbonyl (C=O) groups excluding carboxylic acids is 1. The maximum Gasteiger partial charge on any atom is 0.274 e. The van der Waals surface area contributed by atoms with Gasteiger partial charge in [-0.1, -0.05) is 0 Å². The topological polar surface area (TPSA) is 80.2 Å². The summed E-state index contributed by atoms with van der Waals surface area (Å²) in [5.74, 6) is -0.132. The predicted octanol–water partition coefficient (Wildman–Crippen LogP) is 1.44. The third kappa shape index (κ3) is 3.45. The van der Waals surface area contributed by atoms with Crippen molar-refractivity contribution in [1.29, 1.82) is 0 Å². The van der Waals surface area contributed by atoms with Gasteiger partial charge in [-0.25, -0.2) is 0 Å². The molecule has 0 radical (unpaired) electrons. The van der Waals surface area contributed by atoms with E-state index < -0.39 is 0 Å². The number of ether oxygens (including phenoxy) is 1. The van der Waals surface area contributed by atoms with Crippen molar-refractivity contribution in [3.63, 3.8) is 0 Å². The van der Waals surface area contributed by atoms with Crippen LogP contribution in [0.1, 0.15) is 28.0 Å². The number of pyridine rings is 1. The van der Waals surface area contributed by atoms with Gasteiger partial charge in [0, 0.05) is 31.2 Å². The maximum atomic E-state index is 12.5.